The molecule has 0 fully saturated rings. The largest absolute Gasteiger partial charge is 0.481 e. The summed E-state index contributed by atoms with van der Waals surface area (Å²) < 4.78 is 0. The Labute approximate surface area is 110 Å². The summed E-state index contributed by atoms with van der Waals surface area (Å²) >= 11 is 0. The molecule has 0 saturated carbocycles. The van der Waals surface area contributed by atoms with Crippen LogP contribution in [-0.4, -0.2) is 52.5 Å². The first-order chi connectivity index (χ1) is 8.33. The summed E-state index contributed by atoms with van der Waals surface area (Å²) in [5.41, 5.74) is 0. The number of ketones is 1. The number of hydrogen-bond donors (Lipinski definition) is 4. The summed E-state index contributed by atoms with van der Waals surface area (Å²) in [7, 11) is 1.00. The van der Waals surface area contributed by atoms with Gasteiger partial charge in [-0.1, -0.05) is 13.8 Å². The lowest BCUT2D eigenvalue weighted by molar-refractivity contribution is -0.136. The summed E-state index contributed by atoms with van der Waals surface area (Å²) in [5.74, 6) is -0.579. The van der Waals surface area contributed by atoms with Crippen LogP contribution in [0.1, 0.15) is 47.5 Å². The van der Waals surface area contributed by atoms with Crippen molar-refractivity contribution in [3.05, 3.63) is 0 Å². The number of aliphatic hydroxyl groups is 3. The molecule has 0 heterocycles. The average molecular weight is 270 g/mol. The van der Waals surface area contributed by atoms with E-state index in [1.165, 1.54) is 13.8 Å². The van der Waals surface area contributed by atoms with Crippen molar-refractivity contribution in [2.45, 2.75) is 47.5 Å². The molecule has 0 radical (unpaired) electrons. The Hall–Kier alpha value is -0.980. The molecule has 0 aromatic heterocycles. The standard InChI is InChI=1S/C3H6O2.C3H6O.C3H8O.C2H6O.CH4O/c1-2-3(4)5;1-3(2)4;1-2-3-4;1-2-3;1-2/h2H2,1H3,(H,4,5);1-2H3;4H,2-3H2,1H3;3H,2H2,1H3;2H,1H3. The van der Waals surface area contributed by atoms with E-state index >= 15 is 0 Å². The Balaban J connectivity index is -0.0000000404. The van der Waals surface area contributed by atoms with Crippen molar-refractivity contribution in [1.29, 1.82) is 0 Å². The van der Waals surface area contributed by atoms with Crippen LogP contribution in [0, 0.1) is 0 Å². The third-order valence-corrected chi connectivity index (χ3v) is 0.526. The Morgan fingerprint density at radius 1 is 0.944 bits per heavy atom. The fourth-order valence-electron chi connectivity index (χ4n) is 0. The fraction of sp³-hybridized carbons (Fsp3) is 0.833. The average Bonchev–Trinajstić information content (AvgIpc) is 2.32. The lowest BCUT2D eigenvalue weighted by atomic mass is 10.5. The number of carbonyl (C=O) groups is 2. The maximum atomic E-state index is 9.44. The molecule has 0 unspecified atom stereocenters. The monoisotopic (exact) mass is 270 g/mol. The van der Waals surface area contributed by atoms with E-state index < -0.39 is 5.97 Å². The molecule has 6 heteroatoms. The molecule has 18 heavy (non-hydrogen) atoms. The van der Waals surface area contributed by atoms with Crippen LogP contribution in [0.15, 0.2) is 0 Å². The van der Waals surface area contributed by atoms with Gasteiger partial charge in [-0.3, -0.25) is 4.79 Å². The van der Waals surface area contributed by atoms with Crippen molar-refractivity contribution >= 4 is 11.8 Å². The van der Waals surface area contributed by atoms with Crippen molar-refractivity contribution in [3.8, 4) is 0 Å². The number of carboxylic acids is 1. The topological polar surface area (TPSA) is 115 Å². The molecule has 0 aromatic carbocycles. The second kappa shape index (κ2) is 44.4. The zero-order valence-electron chi connectivity index (χ0n) is 12.4. The summed E-state index contributed by atoms with van der Waals surface area (Å²) in [5, 5.41) is 30.2. The summed E-state index contributed by atoms with van der Waals surface area (Å²) in [4.78, 5) is 18.8. The molecule has 0 aliphatic heterocycles. The zero-order valence-corrected chi connectivity index (χ0v) is 12.4. The zero-order chi connectivity index (χ0) is 16.0. The third-order valence-electron chi connectivity index (χ3n) is 0.526. The first-order valence-electron chi connectivity index (χ1n) is 5.69. The molecule has 114 valence electrons. The Bertz CT molecular complexity index is 131. The van der Waals surface area contributed by atoms with E-state index in [1.807, 2.05) is 6.92 Å². The van der Waals surface area contributed by atoms with Crippen LogP contribution in [0.3, 0.4) is 0 Å². The van der Waals surface area contributed by atoms with Crippen molar-refractivity contribution in [3.63, 3.8) is 0 Å². The molecule has 0 aliphatic carbocycles. The minimum absolute atomic E-state index is 0.167. The molecular formula is C12H30O6. The highest BCUT2D eigenvalue weighted by molar-refractivity contribution is 5.72. The third kappa shape index (κ3) is 724. The molecule has 0 aromatic rings. The predicted octanol–water partition coefficient (Wildman–Crippen LogP) is 1.07. The van der Waals surface area contributed by atoms with Gasteiger partial charge in [-0.05, 0) is 27.2 Å². The molecule has 0 atom stereocenters. The van der Waals surface area contributed by atoms with Crippen LogP contribution in [0.5, 0.6) is 0 Å². The van der Waals surface area contributed by atoms with Gasteiger partial charge >= 0.3 is 5.97 Å². The maximum absolute atomic E-state index is 9.44. The second-order valence-electron chi connectivity index (χ2n) is 2.70. The first kappa shape index (κ1) is 30.2. The molecular weight excluding hydrogens is 240 g/mol. The molecule has 0 aliphatic rings. The van der Waals surface area contributed by atoms with Crippen LogP contribution >= 0.6 is 0 Å². The van der Waals surface area contributed by atoms with E-state index in [2.05, 4.69) is 0 Å². The van der Waals surface area contributed by atoms with E-state index in [0.29, 0.717) is 6.61 Å². The van der Waals surface area contributed by atoms with E-state index in [1.54, 1.807) is 13.8 Å². The van der Waals surface area contributed by atoms with Gasteiger partial charge in [-0.15, -0.1) is 0 Å². The SMILES string of the molecule is CC(C)=O.CCC(=O)O.CCCO.CCO.CO. The molecule has 4 N–H and O–H groups in total. The molecule has 0 saturated heterocycles. The van der Waals surface area contributed by atoms with Gasteiger partial charge in [0.1, 0.15) is 5.78 Å². The number of carboxylic acid groups (broad SMARTS) is 1. The van der Waals surface area contributed by atoms with Gasteiger partial charge in [0.25, 0.3) is 0 Å². The maximum Gasteiger partial charge on any atom is 0.303 e. The summed E-state index contributed by atoms with van der Waals surface area (Å²) in [6.45, 7) is 8.84. The number of aliphatic hydroxyl groups excluding tert-OH is 3. The molecule has 6 nitrogen and oxygen atoms in total. The van der Waals surface area contributed by atoms with Crippen molar-refractivity contribution in [2.24, 2.45) is 0 Å². The van der Waals surface area contributed by atoms with Gasteiger partial charge in [0.2, 0.25) is 0 Å². The number of carbonyl (C=O) groups excluding carboxylic acids is 1. The molecule has 0 rings (SSSR count). The Morgan fingerprint density at radius 2 is 1.06 bits per heavy atom. The van der Waals surface area contributed by atoms with Gasteiger partial charge in [-0.2, -0.15) is 0 Å². The van der Waals surface area contributed by atoms with Gasteiger partial charge in [0.05, 0.1) is 0 Å². The van der Waals surface area contributed by atoms with Gasteiger partial charge in [0.15, 0.2) is 0 Å². The van der Waals surface area contributed by atoms with E-state index in [9.17, 15) is 9.59 Å². The smallest absolute Gasteiger partial charge is 0.303 e. The predicted molar refractivity (Wildman–Crippen MR) is 72.6 cm³/mol. The van der Waals surface area contributed by atoms with Crippen LogP contribution < -0.4 is 0 Å². The van der Waals surface area contributed by atoms with Gasteiger partial charge in [0, 0.05) is 26.7 Å². The number of hydrogen-bond acceptors (Lipinski definition) is 5. The summed E-state index contributed by atoms with van der Waals surface area (Å²) in [6.07, 6.45) is 1.10. The van der Waals surface area contributed by atoms with E-state index in [0.717, 1.165) is 13.5 Å². The van der Waals surface area contributed by atoms with Crippen molar-refractivity contribution in [2.75, 3.05) is 20.3 Å². The van der Waals surface area contributed by atoms with Crippen LogP contribution in [0.2, 0.25) is 0 Å². The highest BCUT2D eigenvalue weighted by atomic mass is 16.4. The first-order valence-corrected chi connectivity index (χ1v) is 5.69. The molecule has 0 bridgehead atoms. The molecule has 0 spiro atoms. The quantitative estimate of drug-likeness (QED) is 0.596. The lowest BCUT2D eigenvalue weighted by Crippen LogP contribution is -1.86. The number of rotatable bonds is 2. The number of aliphatic carboxylic acids is 1. The fourth-order valence-corrected chi connectivity index (χ4v) is 0. The minimum atomic E-state index is -0.745. The van der Waals surface area contributed by atoms with Crippen molar-refractivity contribution < 1.29 is 30.0 Å². The van der Waals surface area contributed by atoms with Crippen LogP contribution in [-0.2, 0) is 9.59 Å². The number of Topliss-reactive ketones (excluding diaryl/α,β-unsaturated/α-hetero) is 1. The molecule has 0 amide bonds. The van der Waals surface area contributed by atoms with Gasteiger partial charge in [-0.25, -0.2) is 0 Å². The highest BCUT2D eigenvalue weighted by Gasteiger charge is 1.80. The second-order valence-corrected chi connectivity index (χ2v) is 2.70. The van der Waals surface area contributed by atoms with Crippen LogP contribution in [0.25, 0.3) is 0 Å². The Kier molecular flexibility index (Phi) is 74.6. The van der Waals surface area contributed by atoms with Gasteiger partial charge < -0.3 is 25.2 Å². The van der Waals surface area contributed by atoms with Crippen LogP contribution in [0.4, 0.5) is 0 Å². The van der Waals surface area contributed by atoms with E-state index in [4.69, 9.17) is 20.4 Å². The highest BCUT2D eigenvalue weighted by Crippen LogP contribution is 1.67. The van der Waals surface area contributed by atoms with E-state index in [-0.39, 0.29) is 18.8 Å². The Morgan fingerprint density at radius 3 is 1.06 bits per heavy atom. The minimum Gasteiger partial charge on any atom is -0.481 e. The normalized spacial score (nSPS) is 6.50. The summed E-state index contributed by atoms with van der Waals surface area (Å²) in [6, 6.07) is 0. The lowest BCUT2D eigenvalue weighted by Gasteiger charge is -1.71. The van der Waals surface area contributed by atoms with Crippen molar-refractivity contribution in [1.82, 2.24) is 0 Å².